The molecule has 1 atom stereocenters. The third-order valence-electron chi connectivity index (χ3n) is 2.31. The smallest absolute Gasteiger partial charge is 0.309 e. The van der Waals surface area contributed by atoms with Crippen LogP contribution in [0.5, 0.6) is 0 Å². The van der Waals surface area contributed by atoms with Crippen LogP contribution in [-0.2, 0) is 15.1 Å². The minimum atomic E-state index is -1.37. The van der Waals surface area contributed by atoms with E-state index in [0.717, 1.165) is 0 Å². The summed E-state index contributed by atoms with van der Waals surface area (Å²) in [5.41, 5.74) is -0.912. The molecule has 0 bridgehead atoms. The van der Waals surface area contributed by atoms with Crippen molar-refractivity contribution >= 4 is 29.2 Å². The summed E-state index contributed by atoms with van der Waals surface area (Å²) in [7, 11) is 0. The largest absolute Gasteiger partial charge is 0.466 e. The normalized spacial score (nSPS) is 14.2. The average Bonchev–Trinajstić information content (AvgIpc) is 2.15. The molecule has 1 unspecified atom stereocenters. The molecule has 1 N–H and O–H groups in total. The maximum atomic E-state index is 11.4. The van der Waals surface area contributed by atoms with Gasteiger partial charge in [0.15, 0.2) is 0 Å². The van der Waals surface area contributed by atoms with Crippen LogP contribution in [-0.4, -0.2) is 17.7 Å². The van der Waals surface area contributed by atoms with Crippen LogP contribution in [0.1, 0.15) is 25.8 Å². The number of ether oxygens (including phenoxy) is 1. The maximum absolute atomic E-state index is 11.4. The highest BCUT2D eigenvalue weighted by Gasteiger charge is 2.29. The Morgan fingerprint density at radius 3 is 2.65 bits per heavy atom. The molecule has 5 heteroatoms. The van der Waals surface area contributed by atoms with Crippen molar-refractivity contribution in [1.29, 1.82) is 0 Å². The first-order valence-electron chi connectivity index (χ1n) is 5.20. The maximum Gasteiger partial charge on any atom is 0.309 e. The molecule has 0 saturated heterocycles. The minimum Gasteiger partial charge on any atom is -0.466 e. The summed E-state index contributed by atoms with van der Waals surface area (Å²) in [6.07, 6.45) is -0.151. The number of rotatable bonds is 4. The highest BCUT2D eigenvalue weighted by molar-refractivity contribution is 6.35. The van der Waals surface area contributed by atoms with Crippen LogP contribution in [0.2, 0.25) is 10.0 Å². The van der Waals surface area contributed by atoms with E-state index in [1.165, 1.54) is 13.0 Å². The van der Waals surface area contributed by atoms with Gasteiger partial charge in [0.1, 0.15) is 0 Å². The van der Waals surface area contributed by atoms with Gasteiger partial charge in [-0.05, 0) is 26.0 Å². The van der Waals surface area contributed by atoms with Crippen LogP contribution in [0.15, 0.2) is 18.2 Å². The number of hydrogen-bond donors (Lipinski definition) is 1. The van der Waals surface area contributed by atoms with Gasteiger partial charge in [-0.15, -0.1) is 0 Å². The fourth-order valence-corrected chi connectivity index (χ4v) is 2.13. The Balaban J connectivity index is 2.92. The Morgan fingerprint density at radius 1 is 1.47 bits per heavy atom. The summed E-state index contributed by atoms with van der Waals surface area (Å²) in [6.45, 7) is 3.50. The summed E-state index contributed by atoms with van der Waals surface area (Å²) in [5, 5.41) is 11.0. The van der Waals surface area contributed by atoms with Crippen LogP contribution in [0.4, 0.5) is 0 Å². The molecule has 94 valence electrons. The van der Waals surface area contributed by atoms with E-state index < -0.39 is 11.6 Å². The molecule has 0 amide bonds. The second-order valence-corrected chi connectivity index (χ2v) is 4.72. The highest BCUT2D eigenvalue weighted by Crippen LogP contribution is 2.32. The molecule has 0 aliphatic carbocycles. The zero-order valence-electron chi connectivity index (χ0n) is 9.67. The van der Waals surface area contributed by atoms with Gasteiger partial charge in [0.25, 0.3) is 0 Å². The van der Waals surface area contributed by atoms with Gasteiger partial charge in [0.2, 0.25) is 0 Å². The molecule has 17 heavy (non-hydrogen) atoms. The summed E-state index contributed by atoms with van der Waals surface area (Å²) in [4.78, 5) is 11.4. The molecule has 0 radical (unpaired) electrons. The number of esters is 1. The van der Waals surface area contributed by atoms with Gasteiger partial charge >= 0.3 is 5.97 Å². The average molecular weight is 277 g/mol. The van der Waals surface area contributed by atoms with Crippen molar-refractivity contribution in [3.63, 3.8) is 0 Å². The minimum absolute atomic E-state index is 0.151. The van der Waals surface area contributed by atoms with Gasteiger partial charge < -0.3 is 9.84 Å². The summed E-state index contributed by atoms with van der Waals surface area (Å²) < 4.78 is 4.79. The van der Waals surface area contributed by atoms with Gasteiger partial charge in [-0.1, -0.05) is 29.3 Å². The predicted octanol–water partition coefficient (Wildman–Crippen LogP) is 3.15. The van der Waals surface area contributed by atoms with E-state index in [4.69, 9.17) is 27.9 Å². The van der Waals surface area contributed by atoms with E-state index in [1.807, 2.05) is 0 Å². The number of benzene rings is 1. The topological polar surface area (TPSA) is 46.5 Å². The van der Waals surface area contributed by atoms with Crippen LogP contribution < -0.4 is 0 Å². The van der Waals surface area contributed by atoms with Crippen molar-refractivity contribution in [3.8, 4) is 0 Å². The van der Waals surface area contributed by atoms with Crippen molar-refractivity contribution in [3.05, 3.63) is 33.8 Å². The third kappa shape index (κ3) is 3.87. The number of aliphatic hydroxyl groups is 1. The fraction of sp³-hybridized carbons (Fsp3) is 0.417. The van der Waals surface area contributed by atoms with Crippen LogP contribution in [0.25, 0.3) is 0 Å². The molecule has 0 aromatic heterocycles. The van der Waals surface area contributed by atoms with E-state index in [1.54, 1.807) is 19.1 Å². The van der Waals surface area contributed by atoms with Crippen molar-refractivity contribution in [2.45, 2.75) is 25.9 Å². The molecule has 0 saturated carbocycles. The zero-order valence-corrected chi connectivity index (χ0v) is 11.2. The lowest BCUT2D eigenvalue weighted by molar-refractivity contribution is -0.148. The number of carbonyl (C=O) groups is 1. The molecule has 0 spiro atoms. The lowest BCUT2D eigenvalue weighted by atomic mass is 9.92. The molecule has 0 aliphatic heterocycles. The molecular weight excluding hydrogens is 263 g/mol. The van der Waals surface area contributed by atoms with E-state index >= 15 is 0 Å². The Morgan fingerprint density at radius 2 is 2.12 bits per heavy atom. The number of carbonyl (C=O) groups excluding carboxylic acids is 1. The Kier molecular flexibility index (Phi) is 4.80. The van der Waals surface area contributed by atoms with E-state index in [2.05, 4.69) is 0 Å². The second-order valence-electron chi connectivity index (χ2n) is 3.88. The summed E-state index contributed by atoms with van der Waals surface area (Å²) >= 11 is 11.7. The van der Waals surface area contributed by atoms with Crippen molar-refractivity contribution < 1.29 is 14.6 Å². The van der Waals surface area contributed by atoms with Gasteiger partial charge in [-0.2, -0.15) is 0 Å². The second kappa shape index (κ2) is 5.71. The molecule has 1 aromatic carbocycles. The monoisotopic (exact) mass is 276 g/mol. The standard InChI is InChI=1S/C12H14Cl2O3/c1-3-17-11(15)7-12(2,16)9-5-4-8(13)6-10(9)14/h4-6,16H,3,7H2,1-2H3. The van der Waals surface area contributed by atoms with E-state index in [9.17, 15) is 9.90 Å². The molecule has 3 nitrogen and oxygen atoms in total. The van der Waals surface area contributed by atoms with Crippen LogP contribution in [0.3, 0.4) is 0 Å². The zero-order chi connectivity index (χ0) is 13.1. The van der Waals surface area contributed by atoms with Gasteiger partial charge in [-0.3, -0.25) is 4.79 Å². The van der Waals surface area contributed by atoms with Crippen LogP contribution >= 0.6 is 23.2 Å². The first kappa shape index (κ1) is 14.3. The van der Waals surface area contributed by atoms with Gasteiger partial charge in [-0.25, -0.2) is 0 Å². The molecule has 1 rings (SSSR count). The number of halogens is 2. The fourth-order valence-electron chi connectivity index (χ4n) is 1.51. The highest BCUT2D eigenvalue weighted by atomic mass is 35.5. The molecule has 0 heterocycles. The first-order chi connectivity index (χ1) is 7.86. The Bertz CT molecular complexity index is 416. The van der Waals surface area contributed by atoms with Crippen molar-refractivity contribution in [2.24, 2.45) is 0 Å². The Hall–Kier alpha value is -0.770. The van der Waals surface area contributed by atoms with Crippen molar-refractivity contribution in [1.82, 2.24) is 0 Å². The first-order valence-corrected chi connectivity index (χ1v) is 5.96. The van der Waals surface area contributed by atoms with Crippen molar-refractivity contribution in [2.75, 3.05) is 6.61 Å². The SMILES string of the molecule is CCOC(=O)CC(C)(O)c1ccc(Cl)cc1Cl. The lowest BCUT2D eigenvalue weighted by Crippen LogP contribution is -2.26. The van der Waals surface area contributed by atoms with E-state index in [-0.39, 0.29) is 13.0 Å². The Labute approximate surface area is 110 Å². The van der Waals surface area contributed by atoms with Gasteiger partial charge in [0.05, 0.1) is 18.6 Å². The molecule has 0 fully saturated rings. The quantitative estimate of drug-likeness (QED) is 0.860. The summed E-state index contributed by atoms with van der Waals surface area (Å²) in [6, 6.07) is 4.74. The summed E-state index contributed by atoms with van der Waals surface area (Å²) in [5.74, 6) is -0.469. The predicted molar refractivity (Wildman–Crippen MR) is 67.3 cm³/mol. The molecule has 1 aromatic rings. The lowest BCUT2D eigenvalue weighted by Gasteiger charge is -2.23. The molecular formula is C12H14Cl2O3. The van der Waals surface area contributed by atoms with E-state index in [0.29, 0.717) is 15.6 Å². The van der Waals surface area contributed by atoms with Gasteiger partial charge in [0, 0.05) is 15.6 Å². The third-order valence-corrected chi connectivity index (χ3v) is 2.85. The number of hydrogen-bond acceptors (Lipinski definition) is 3. The van der Waals surface area contributed by atoms with Crippen LogP contribution in [0, 0.1) is 0 Å². The molecule has 0 aliphatic rings.